The number of hydrogen-bond donors (Lipinski definition) is 2. The molecule has 0 spiro atoms. The molecule has 3 heterocycles. The first-order chi connectivity index (χ1) is 21.0. The van der Waals surface area contributed by atoms with Crippen LogP contribution in [0.1, 0.15) is 73.8 Å². The second-order valence-electron chi connectivity index (χ2n) is 11.5. The third-order valence-corrected chi connectivity index (χ3v) is 8.60. The Morgan fingerprint density at radius 3 is 2.44 bits per heavy atom. The first-order valence-electron chi connectivity index (χ1n) is 14.9. The average molecular weight is 567 g/mol. The van der Waals surface area contributed by atoms with Crippen LogP contribution in [0.2, 0.25) is 0 Å². The van der Waals surface area contributed by atoms with Crippen molar-refractivity contribution in [3.63, 3.8) is 0 Å². The fourth-order valence-electron chi connectivity index (χ4n) is 5.98. The maximum absolute atomic E-state index is 4.75. The van der Waals surface area contributed by atoms with Crippen LogP contribution in [0.3, 0.4) is 0 Å². The second-order valence-corrected chi connectivity index (χ2v) is 11.5. The largest absolute Gasteiger partial charge is 0.351 e. The molecular weight excluding hydrogens is 528 g/mol. The molecule has 3 aromatic carbocycles. The highest BCUT2D eigenvalue weighted by Crippen LogP contribution is 2.35. The summed E-state index contributed by atoms with van der Waals surface area (Å²) in [6.45, 7) is 9.63. The Hall–Kier alpha value is -4.97. The van der Waals surface area contributed by atoms with Crippen LogP contribution in [-0.4, -0.2) is 29.5 Å². The van der Waals surface area contributed by atoms with E-state index in [1.807, 2.05) is 31.1 Å². The van der Waals surface area contributed by atoms with Gasteiger partial charge in [-0.25, -0.2) is 15.0 Å². The number of benzene rings is 3. The standard InChI is InChI=1S/C37H38N6/c1-25-7-5-10-32(27(25)3)35(37-20-40-23-42-37)18-31-15-26(2)28(4)34(17-31)33(36-19-39-22-41-36)12-11-29-8-6-9-30(16-29)21-43-14-13-38-24-43/h5-10,13-20,22-24,33H,11-12,21H2,1-4H3,(H,39,41)(H,40,42)/b35-18+. The smallest absolute Gasteiger partial charge is 0.0949 e. The minimum Gasteiger partial charge on any atom is -0.351 e. The summed E-state index contributed by atoms with van der Waals surface area (Å²) in [5.41, 5.74) is 14.5. The van der Waals surface area contributed by atoms with E-state index in [1.54, 1.807) is 12.7 Å². The quantitative estimate of drug-likeness (QED) is 0.165. The molecule has 216 valence electrons. The van der Waals surface area contributed by atoms with Gasteiger partial charge >= 0.3 is 0 Å². The molecule has 0 aliphatic rings. The van der Waals surface area contributed by atoms with E-state index >= 15 is 0 Å². The Bertz CT molecular complexity index is 1830. The van der Waals surface area contributed by atoms with Crippen LogP contribution in [0.25, 0.3) is 11.6 Å². The van der Waals surface area contributed by atoms with Crippen LogP contribution in [0, 0.1) is 27.7 Å². The Labute approximate surface area is 253 Å². The van der Waals surface area contributed by atoms with Gasteiger partial charge in [-0.15, -0.1) is 0 Å². The van der Waals surface area contributed by atoms with Gasteiger partial charge in [0.15, 0.2) is 0 Å². The van der Waals surface area contributed by atoms with Gasteiger partial charge in [-0.2, -0.15) is 0 Å². The molecule has 2 N–H and O–H groups in total. The predicted molar refractivity (Wildman–Crippen MR) is 174 cm³/mol. The number of nitrogens with one attached hydrogen (secondary N) is 2. The van der Waals surface area contributed by atoms with Crippen molar-refractivity contribution in [2.75, 3.05) is 0 Å². The monoisotopic (exact) mass is 566 g/mol. The van der Waals surface area contributed by atoms with Crippen LogP contribution < -0.4 is 0 Å². The van der Waals surface area contributed by atoms with Crippen molar-refractivity contribution in [3.8, 4) is 0 Å². The van der Waals surface area contributed by atoms with Gasteiger partial charge in [0.1, 0.15) is 0 Å². The number of H-pyrrole nitrogens is 2. The first kappa shape index (κ1) is 28.2. The number of aryl methyl sites for hydroxylation is 3. The molecule has 0 amide bonds. The number of aromatic amines is 2. The fraction of sp³-hybridized carbons (Fsp3) is 0.216. The number of imidazole rings is 3. The number of hydrogen-bond acceptors (Lipinski definition) is 3. The molecule has 0 bridgehead atoms. The number of nitrogens with zero attached hydrogens (tertiary/aromatic N) is 4. The molecule has 6 nitrogen and oxygen atoms in total. The number of aromatic nitrogens is 6. The Morgan fingerprint density at radius 1 is 0.860 bits per heavy atom. The average Bonchev–Trinajstić information content (AvgIpc) is 3.81. The molecule has 1 atom stereocenters. The van der Waals surface area contributed by atoms with Gasteiger partial charge < -0.3 is 14.5 Å². The van der Waals surface area contributed by atoms with E-state index in [9.17, 15) is 0 Å². The first-order valence-corrected chi connectivity index (χ1v) is 14.9. The minimum absolute atomic E-state index is 0.158. The summed E-state index contributed by atoms with van der Waals surface area (Å²) < 4.78 is 2.10. The molecule has 6 heteroatoms. The van der Waals surface area contributed by atoms with Crippen molar-refractivity contribution >= 4 is 11.6 Å². The van der Waals surface area contributed by atoms with Gasteiger partial charge in [-0.3, -0.25) is 0 Å². The molecule has 0 fully saturated rings. The maximum Gasteiger partial charge on any atom is 0.0949 e. The summed E-state index contributed by atoms with van der Waals surface area (Å²) in [6, 6.07) is 20.0. The van der Waals surface area contributed by atoms with Gasteiger partial charge in [-0.1, -0.05) is 54.6 Å². The third-order valence-electron chi connectivity index (χ3n) is 8.60. The van der Waals surface area contributed by atoms with Crippen LogP contribution in [0.4, 0.5) is 0 Å². The Balaban J connectivity index is 1.36. The second kappa shape index (κ2) is 12.5. The Kier molecular flexibility index (Phi) is 8.18. The highest BCUT2D eigenvalue weighted by molar-refractivity contribution is 5.91. The predicted octanol–water partition coefficient (Wildman–Crippen LogP) is 7.96. The van der Waals surface area contributed by atoms with Crippen LogP contribution >= 0.6 is 0 Å². The zero-order valence-corrected chi connectivity index (χ0v) is 25.3. The molecular formula is C37H38N6. The molecule has 0 aliphatic heterocycles. The van der Waals surface area contributed by atoms with Crippen LogP contribution in [-0.2, 0) is 13.0 Å². The SMILES string of the molecule is Cc1cccc(/C(=C\c2cc(C)c(C)c(C(CCc3cccc(Cn4ccnc4)c3)c3c[nH]cn3)c2)c2c[nH]cn2)c1C. The zero-order valence-electron chi connectivity index (χ0n) is 25.3. The van der Waals surface area contributed by atoms with Gasteiger partial charge in [0.25, 0.3) is 0 Å². The summed E-state index contributed by atoms with van der Waals surface area (Å²) >= 11 is 0. The molecule has 0 saturated heterocycles. The minimum atomic E-state index is 0.158. The van der Waals surface area contributed by atoms with E-state index in [-0.39, 0.29) is 5.92 Å². The van der Waals surface area contributed by atoms with Crippen LogP contribution in [0.5, 0.6) is 0 Å². The lowest BCUT2D eigenvalue weighted by molar-refractivity contribution is 0.693. The van der Waals surface area contributed by atoms with Crippen molar-refractivity contribution in [2.45, 2.75) is 53.0 Å². The highest BCUT2D eigenvalue weighted by atomic mass is 15.0. The van der Waals surface area contributed by atoms with Gasteiger partial charge in [0.2, 0.25) is 0 Å². The molecule has 0 radical (unpaired) electrons. The summed E-state index contributed by atoms with van der Waals surface area (Å²) in [5, 5.41) is 0. The van der Waals surface area contributed by atoms with E-state index in [2.05, 4.69) is 113 Å². The summed E-state index contributed by atoms with van der Waals surface area (Å²) in [5.74, 6) is 0.158. The summed E-state index contributed by atoms with van der Waals surface area (Å²) in [7, 11) is 0. The van der Waals surface area contributed by atoms with Crippen molar-refractivity contribution < 1.29 is 0 Å². The molecule has 43 heavy (non-hydrogen) atoms. The molecule has 0 aliphatic carbocycles. The molecule has 6 aromatic rings. The van der Waals surface area contributed by atoms with E-state index in [0.717, 1.165) is 36.3 Å². The van der Waals surface area contributed by atoms with Gasteiger partial charge in [0, 0.05) is 42.8 Å². The summed E-state index contributed by atoms with van der Waals surface area (Å²) in [4.78, 5) is 19.9. The third kappa shape index (κ3) is 6.28. The van der Waals surface area contributed by atoms with Gasteiger partial charge in [-0.05, 0) is 96.7 Å². The van der Waals surface area contributed by atoms with Crippen LogP contribution in [0.15, 0.2) is 98.4 Å². The van der Waals surface area contributed by atoms with E-state index in [0.29, 0.717) is 0 Å². The van der Waals surface area contributed by atoms with Gasteiger partial charge in [0.05, 0.1) is 30.4 Å². The lowest BCUT2D eigenvalue weighted by Gasteiger charge is -2.21. The highest BCUT2D eigenvalue weighted by Gasteiger charge is 2.21. The molecule has 6 rings (SSSR count). The number of rotatable bonds is 10. The zero-order chi connectivity index (χ0) is 29.8. The lowest BCUT2D eigenvalue weighted by Crippen LogP contribution is -2.08. The van der Waals surface area contributed by atoms with Crippen molar-refractivity contribution in [1.82, 2.24) is 29.5 Å². The molecule has 1 unspecified atom stereocenters. The normalized spacial score (nSPS) is 12.5. The Morgan fingerprint density at radius 2 is 1.67 bits per heavy atom. The van der Waals surface area contributed by atoms with E-state index in [4.69, 9.17) is 4.98 Å². The van der Waals surface area contributed by atoms with Crippen molar-refractivity contribution in [3.05, 3.63) is 160 Å². The lowest BCUT2D eigenvalue weighted by atomic mass is 9.84. The van der Waals surface area contributed by atoms with Crippen molar-refractivity contribution in [2.24, 2.45) is 0 Å². The van der Waals surface area contributed by atoms with E-state index < -0.39 is 0 Å². The summed E-state index contributed by atoms with van der Waals surface area (Å²) in [6.07, 6.45) is 17.4. The molecule has 3 aromatic heterocycles. The topological polar surface area (TPSA) is 75.2 Å². The molecule has 0 saturated carbocycles. The van der Waals surface area contributed by atoms with Crippen molar-refractivity contribution in [1.29, 1.82) is 0 Å². The maximum atomic E-state index is 4.75. The fourth-order valence-corrected chi connectivity index (χ4v) is 5.98. The van der Waals surface area contributed by atoms with E-state index in [1.165, 1.54) is 50.1 Å².